The lowest BCUT2D eigenvalue weighted by Gasteiger charge is -2.10. The lowest BCUT2D eigenvalue weighted by atomic mass is 10.1. The molecule has 0 radical (unpaired) electrons. The van der Waals surface area contributed by atoms with Crippen LogP contribution in [0.2, 0.25) is 0 Å². The number of carboxylic acids is 1. The van der Waals surface area contributed by atoms with Crippen molar-refractivity contribution in [2.75, 3.05) is 12.4 Å². The summed E-state index contributed by atoms with van der Waals surface area (Å²) < 4.78 is 4.97. The molecule has 0 fully saturated rings. The number of ether oxygens (including phenoxy) is 1. The van der Waals surface area contributed by atoms with Crippen LogP contribution >= 0.6 is 0 Å². The van der Waals surface area contributed by atoms with E-state index in [1.807, 2.05) is 0 Å². The van der Waals surface area contributed by atoms with Gasteiger partial charge in [-0.15, -0.1) is 0 Å². The Balaban J connectivity index is 2.34. The van der Waals surface area contributed by atoms with Gasteiger partial charge in [0.25, 0.3) is 5.91 Å². The Morgan fingerprint density at radius 2 is 2.00 bits per heavy atom. The topological polar surface area (TPSA) is 109 Å². The highest BCUT2D eigenvalue weighted by atomic mass is 16.5. The zero-order valence-corrected chi connectivity index (χ0v) is 11.0. The minimum Gasteiger partial charge on any atom is -0.508 e. The number of aromatic hydroxyl groups is 1. The van der Waals surface area contributed by atoms with Gasteiger partial charge in [0.2, 0.25) is 5.88 Å². The number of amides is 1. The molecule has 1 aromatic carbocycles. The molecule has 0 spiro atoms. The summed E-state index contributed by atoms with van der Waals surface area (Å²) in [5, 5.41) is 20.8. The van der Waals surface area contributed by atoms with Crippen molar-refractivity contribution in [2.45, 2.75) is 0 Å². The van der Waals surface area contributed by atoms with Gasteiger partial charge in [-0.25, -0.2) is 9.78 Å². The largest absolute Gasteiger partial charge is 0.508 e. The number of hydrogen-bond acceptors (Lipinski definition) is 5. The highest BCUT2D eigenvalue weighted by Crippen LogP contribution is 2.23. The average molecular weight is 288 g/mol. The van der Waals surface area contributed by atoms with Gasteiger partial charge in [0.15, 0.2) is 0 Å². The zero-order chi connectivity index (χ0) is 15.4. The third-order valence-electron chi connectivity index (χ3n) is 2.69. The number of phenolic OH excluding ortho intramolecular Hbond substituents is 1. The summed E-state index contributed by atoms with van der Waals surface area (Å²) in [7, 11) is 1.38. The number of nitrogens with zero attached hydrogens (tertiary/aromatic N) is 1. The number of carboxylic acid groups (broad SMARTS) is 1. The van der Waals surface area contributed by atoms with Crippen molar-refractivity contribution in [1.29, 1.82) is 0 Å². The van der Waals surface area contributed by atoms with Crippen molar-refractivity contribution in [3.8, 4) is 11.6 Å². The van der Waals surface area contributed by atoms with E-state index in [2.05, 4.69) is 10.3 Å². The second kappa shape index (κ2) is 5.91. The maximum atomic E-state index is 12.2. The molecule has 108 valence electrons. The van der Waals surface area contributed by atoms with Crippen molar-refractivity contribution in [1.82, 2.24) is 4.98 Å². The minimum absolute atomic E-state index is 0.0659. The third kappa shape index (κ3) is 3.08. The van der Waals surface area contributed by atoms with Crippen LogP contribution in [-0.2, 0) is 0 Å². The van der Waals surface area contributed by atoms with Crippen molar-refractivity contribution in [2.24, 2.45) is 0 Å². The number of anilines is 1. The van der Waals surface area contributed by atoms with E-state index in [9.17, 15) is 14.7 Å². The van der Waals surface area contributed by atoms with Crippen LogP contribution in [0.25, 0.3) is 0 Å². The van der Waals surface area contributed by atoms with Crippen LogP contribution in [-0.4, -0.2) is 34.2 Å². The molecule has 0 atom stereocenters. The van der Waals surface area contributed by atoms with Gasteiger partial charge in [-0.1, -0.05) is 0 Å². The first kappa shape index (κ1) is 14.3. The number of pyridine rings is 1. The normalized spacial score (nSPS) is 9.95. The number of aromatic carboxylic acids is 1. The molecule has 0 aliphatic rings. The molecular weight excluding hydrogens is 276 g/mol. The lowest BCUT2D eigenvalue weighted by molar-refractivity contribution is 0.0697. The van der Waals surface area contributed by atoms with E-state index in [0.29, 0.717) is 0 Å². The molecule has 0 aliphatic carbocycles. The molecule has 21 heavy (non-hydrogen) atoms. The third-order valence-corrected chi connectivity index (χ3v) is 2.69. The summed E-state index contributed by atoms with van der Waals surface area (Å²) in [6, 6.07) is 6.70. The SMILES string of the molecule is COc1ncccc1C(=O)Nc1ccc(O)cc1C(=O)O. The van der Waals surface area contributed by atoms with Crippen LogP contribution in [0.1, 0.15) is 20.7 Å². The molecule has 0 saturated carbocycles. The van der Waals surface area contributed by atoms with E-state index in [-0.39, 0.29) is 28.4 Å². The Hall–Kier alpha value is -3.09. The molecule has 0 saturated heterocycles. The van der Waals surface area contributed by atoms with Crippen LogP contribution in [0.4, 0.5) is 5.69 Å². The van der Waals surface area contributed by atoms with Gasteiger partial charge in [0.05, 0.1) is 18.4 Å². The quantitative estimate of drug-likeness (QED) is 0.739. The molecule has 2 rings (SSSR count). The zero-order valence-electron chi connectivity index (χ0n) is 11.0. The Kier molecular flexibility index (Phi) is 4.03. The van der Waals surface area contributed by atoms with Gasteiger partial charge < -0.3 is 20.3 Å². The molecule has 1 amide bonds. The highest BCUT2D eigenvalue weighted by molar-refractivity contribution is 6.08. The first-order valence-electron chi connectivity index (χ1n) is 5.89. The second-order valence-electron chi connectivity index (χ2n) is 4.05. The fraction of sp³-hybridized carbons (Fsp3) is 0.0714. The van der Waals surface area contributed by atoms with Gasteiger partial charge in [-0.3, -0.25) is 4.79 Å². The van der Waals surface area contributed by atoms with Crippen molar-refractivity contribution in [3.05, 3.63) is 47.7 Å². The summed E-state index contributed by atoms with van der Waals surface area (Å²) >= 11 is 0. The summed E-state index contributed by atoms with van der Waals surface area (Å²) in [6.07, 6.45) is 1.47. The van der Waals surface area contributed by atoms with E-state index in [0.717, 1.165) is 6.07 Å². The van der Waals surface area contributed by atoms with Crippen LogP contribution in [0.15, 0.2) is 36.5 Å². The number of nitrogens with one attached hydrogen (secondary N) is 1. The molecule has 0 unspecified atom stereocenters. The predicted molar refractivity (Wildman–Crippen MR) is 73.8 cm³/mol. The molecular formula is C14H12N2O5. The Bertz CT molecular complexity index is 700. The van der Waals surface area contributed by atoms with Gasteiger partial charge in [0.1, 0.15) is 11.3 Å². The Morgan fingerprint density at radius 3 is 2.67 bits per heavy atom. The number of rotatable bonds is 4. The van der Waals surface area contributed by atoms with Crippen molar-refractivity contribution >= 4 is 17.6 Å². The first-order valence-corrected chi connectivity index (χ1v) is 5.89. The number of phenols is 1. The molecule has 1 heterocycles. The predicted octanol–water partition coefficient (Wildman–Crippen LogP) is 1.75. The first-order chi connectivity index (χ1) is 10.0. The fourth-order valence-corrected chi connectivity index (χ4v) is 1.73. The maximum absolute atomic E-state index is 12.2. The van der Waals surface area contributed by atoms with Crippen molar-refractivity contribution < 1.29 is 24.5 Å². The number of hydrogen-bond donors (Lipinski definition) is 3. The Morgan fingerprint density at radius 1 is 1.24 bits per heavy atom. The Labute approximate surface area is 119 Å². The number of methoxy groups -OCH3 is 1. The van der Waals surface area contributed by atoms with Crippen LogP contribution < -0.4 is 10.1 Å². The molecule has 7 nitrogen and oxygen atoms in total. The van der Waals surface area contributed by atoms with E-state index in [1.54, 1.807) is 6.07 Å². The summed E-state index contributed by atoms with van der Waals surface area (Å²) in [5.74, 6) is -1.90. The van der Waals surface area contributed by atoms with Gasteiger partial charge in [-0.05, 0) is 30.3 Å². The fourth-order valence-electron chi connectivity index (χ4n) is 1.73. The molecule has 3 N–H and O–H groups in total. The van der Waals surface area contributed by atoms with Gasteiger partial charge in [-0.2, -0.15) is 0 Å². The average Bonchev–Trinajstić information content (AvgIpc) is 2.48. The van der Waals surface area contributed by atoms with E-state index >= 15 is 0 Å². The van der Waals surface area contributed by atoms with Crippen LogP contribution in [0.5, 0.6) is 11.6 Å². The molecule has 0 aliphatic heterocycles. The monoisotopic (exact) mass is 288 g/mol. The van der Waals surface area contributed by atoms with Crippen LogP contribution in [0.3, 0.4) is 0 Å². The van der Waals surface area contributed by atoms with Gasteiger partial charge >= 0.3 is 5.97 Å². The van der Waals surface area contributed by atoms with Crippen LogP contribution in [0, 0.1) is 0 Å². The second-order valence-corrected chi connectivity index (χ2v) is 4.05. The maximum Gasteiger partial charge on any atom is 0.337 e. The standard InChI is InChI=1S/C14H12N2O5/c1-21-13-9(3-2-6-15-13)12(18)16-11-5-4-8(17)7-10(11)14(19)20/h2-7,17H,1H3,(H,16,18)(H,19,20). The summed E-state index contributed by atoms with van der Waals surface area (Å²) in [6.45, 7) is 0. The summed E-state index contributed by atoms with van der Waals surface area (Å²) in [5.41, 5.74) is 0.0202. The van der Waals surface area contributed by atoms with Gasteiger partial charge in [0, 0.05) is 6.20 Å². The number of benzene rings is 1. The minimum atomic E-state index is -1.26. The number of carbonyl (C=O) groups excluding carboxylic acids is 1. The molecule has 1 aromatic heterocycles. The smallest absolute Gasteiger partial charge is 0.337 e. The highest BCUT2D eigenvalue weighted by Gasteiger charge is 2.17. The van der Waals surface area contributed by atoms with E-state index in [1.165, 1.54) is 31.5 Å². The van der Waals surface area contributed by atoms with Crippen molar-refractivity contribution in [3.63, 3.8) is 0 Å². The number of carbonyl (C=O) groups is 2. The lowest BCUT2D eigenvalue weighted by Crippen LogP contribution is -2.16. The van der Waals surface area contributed by atoms with E-state index in [4.69, 9.17) is 9.84 Å². The number of aromatic nitrogens is 1. The molecule has 2 aromatic rings. The van der Waals surface area contributed by atoms with E-state index < -0.39 is 11.9 Å². The molecule has 7 heteroatoms. The molecule has 0 bridgehead atoms. The summed E-state index contributed by atoms with van der Waals surface area (Å²) in [4.78, 5) is 27.2.